The Hall–Kier alpha value is -1.64. The van der Waals surface area contributed by atoms with Gasteiger partial charge in [-0.2, -0.15) is 0 Å². The van der Waals surface area contributed by atoms with Crippen molar-refractivity contribution < 1.29 is 5.11 Å². The van der Waals surface area contributed by atoms with Crippen molar-refractivity contribution in [3.63, 3.8) is 0 Å². The lowest BCUT2D eigenvalue weighted by Crippen LogP contribution is -2.34. The van der Waals surface area contributed by atoms with Crippen molar-refractivity contribution in [3.8, 4) is 0 Å². The molecule has 1 unspecified atom stereocenters. The van der Waals surface area contributed by atoms with Gasteiger partial charge in [0, 0.05) is 12.6 Å². The first-order valence-electron chi connectivity index (χ1n) is 7.82. The van der Waals surface area contributed by atoms with Gasteiger partial charge in [0.2, 0.25) is 0 Å². The van der Waals surface area contributed by atoms with Gasteiger partial charge in [-0.15, -0.1) is 0 Å². The van der Waals surface area contributed by atoms with Crippen LogP contribution in [0, 0.1) is 0 Å². The molecule has 1 aliphatic carbocycles. The molecule has 1 saturated carbocycles. The average molecular weight is 281 g/mol. The van der Waals surface area contributed by atoms with Gasteiger partial charge in [0.15, 0.2) is 0 Å². The SMILES string of the molecule is OCC(Cc1ccccc1)NCc1ccc(C2CC2)cc1. The summed E-state index contributed by atoms with van der Waals surface area (Å²) in [5.74, 6) is 0.815. The summed E-state index contributed by atoms with van der Waals surface area (Å²) in [7, 11) is 0. The Labute approximate surface area is 126 Å². The van der Waals surface area contributed by atoms with E-state index in [0.717, 1.165) is 18.9 Å². The summed E-state index contributed by atoms with van der Waals surface area (Å²) in [6.45, 7) is 0.970. The smallest absolute Gasteiger partial charge is 0.0587 e. The van der Waals surface area contributed by atoms with E-state index in [9.17, 15) is 5.11 Å². The highest BCUT2D eigenvalue weighted by molar-refractivity contribution is 5.28. The molecule has 2 nitrogen and oxygen atoms in total. The standard InChI is InChI=1S/C19H23NO/c21-14-19(12-15-4-2-1-3-5-15)20-13-16-6-8-17(9-7-16)18-10-11-18/h1-9,18-21H,10-14H2. The second-order valence-electron chi connectivity index (χ2n) is 5.97. The highest BCUT2D eigenvalue weighted by Gasteiger charge is 2.22. The van der Waals surface area contributed by atoms with E-state index < -0.39 is 0 Å². The molecule has 1 aliphatic rings. The van der Waals surface area contributed by atoms with E-state index in [2.05, 4.69) is 41.7 Å². The summed E-state index contributed by atoms with van der Waals surface area (Å²) in [5, 5.41) is 13.0. The topological polar surface area (TPSA) is 32.3 Å². The average Bonchev–Trinajstić information content (AvgIpc) is 3.38. The molecule has 1 atom stereocenters. The lowest BCUT2D eigenvalue weighted by Gasteiger charge is -2.16. The van der Waals surface area contributed by atoms with Crippen LogP contribution in [0.5, 0.6) is 0 Å². The van der Waals surface area contributed by atoms with Gasteiger partial charge < -0.3 is 10.4 Å². The fourth-order valence-electron chi connectivity index (χ4n) is 2.69. The number of hydrogen-bond donors (Lipinski definition) is 2. The molecule has 0 amide bonds. The van der Waals surface area contributed by atoms with Gasteiger partial charge in [-0.05, 0) is 41.9 Å². The number of nitrogens with one attached hydrogen (secondary N) is 1. The predicted octanol–water partition coefficient (Wildman–Crippen LogP) is 3.26. The molecule has 0 saturated heterocycles. The van der Waals surface area contributed by atoms with Crippen molar-refractivity contribution in [3.05, 3.63) is 71.3 Å². The van der Waals surface area contributed by atoms with Crippen molar-refractivity contribution in [1.82, 2.24) is 5.32 Å². The summed E-state index contributed by atoms with van der Waals surface area (Å²) in [6.07, 6.45) is 3.56. The van der Waals surface area contributed by atoms with E-state index in [1.54, 1.807) is 0 Å². The number of benzene rings is 2. The van der Waals surface area contributed by atoms with Gasteiger partial charge in [0.1, 0.15) is 0 Å². The Morgan fingerprint density at radius 1 is 0.952 bits per heavy atom. The van der Waals surface area contributed by atoms with Crippen molar-refractivity contribution in [1.29, 1.82) is 0 Å². The molecule has 0 spiro atoms. The maximum absolute atomic E-state index is 9.53. The molecule has 0 aromatic heterocycles. The molecule has 0 heterocycles. The monoisotopic (exact) mass is 281 g/mol. The van der Waals surface area contributed by atoms with Crippen molar-refractivity contribution in [2.45, 2.75) is 37.8 Å². The summed E-state index contributed by atoms with van der Waals surface area (Å²) in [5.41, 5.74) is 4.01. The molecule has 3 rings (SSSR count). The second kappa shape index (κ2) is 6.88. The molecule has 2 aromatic carbocycles. The van der Waals surface area contributed by atoms with E-state index >= 15 is 0 Å². The molecule has 110 valence electrons. The fourth-order valence-corrected chi connectivity index (χ4v) is 2.69. The van der Waals surface area contributed by atoms with Gasteiger partial charge in [0.05, 0.1) is 6.61 Å². The Morgan fingerprint density at radius 3 is 2.29 bits per heavy atom. The van der Waals surface area contributed by atoms with Crippen LogP contribution in [-0.2, 0) is 13.0 Å². The van der Waals surface area contributed by atoms with Gasteiger partial charge in [-0.25, -0.2) is 0 Å². The van der Waals surface area contributed by atoms with Crippen LogP contribution in [0.4, 0.5) is 0 Å². The lowest BCUT2D eigenvalue weighted by molar-refractivity contribution is 0.241. The van der Waals surface area contributed by atoms with Crippen LogP contribution >= 0.6 is 0 Å². The Morgan fingerprint density at radius 2 is 1.67 bits per heavy atom. The number of rotatable bonds is 7. The maximum Gasteiger partial charge on any atom is 0.0587 e. The van der Waals surface area contributed by atoms with Crippen LogP contribution < -0.4 is 5.32 Å². The third-order valence-electron chi connectivity index (χ3n) is 4.17. The minimum atomic E-state index is 0.107. The van der Waals surface area contributed by atoms with Crippen molar-refractivity contribution in [2.75, 3.05) is 6.61 Å². The van der Waals surface area contributed by atoms with Gasteiger partial charge in [0.25, 0.3) is 0 Å². The van der Waals surface area contributed by atoms with Crippen LogP contribution in [0.1, 0.15) is 35.4 Å². The van der Waals surface area contributed by atoms with E-state index in [-0.39, 0.29) is 12.6 Å². The summed E-state index contributed by atoms with van der Waals surface area (Å²) < 4.78 is 0. The zero-order chi connectivity index (χ0) is 14.5. The van der Waals surface area contributed by atoms with Crippen molar-refractivity contribution in [2.24, 2.45) is 0 Å². The normalized spacial score (nSPS) is 15.9. The molecule has 1 fully saturated rings. The van der Waals surface area contributed by atoms with Crippen molar-refractivity contribution >= 4 is 0 Å². The first-order valence-corrected chi connectivity index (χ1v) is 7.82. The molecule has 0 aliphatic heterocycles. The minimum absolute atomic E-state index is 0.107. The molecule has 2 aromatic rings. The number of aliphatic hydroxyl groups excluding tert-OH is 1. The van der Waals surface area contributed by atoms with Gasteiger partial charge >= 0.3 is 0 Å². The Kier molecular flexibility index (Phi) is 4.69. The second-order valence-corrected chi connectivity index (χ2v) is 5.97. The maximum atomic E-state index is 9.53. The van der Waals surface area contributed by atoms with Crippen LogP contribution in [0.2, 0.25) is 0 Å². The largest absolute Gasteiger partial charge is 0.395 e. The minimum Gasteiger partial charge on any atom is -0.395 e. The van der Waals surface area contributed by atoms with Crippen LogP contribution in [-0.4, -0.2) is 17.8 Å². The molecular weight excluding hydrogens is 258 g/mol. The third kappa shape index (κ3) is 4.16. The number of aliphatic hydroxyl groups is 1. The number of hydrogen-bond acceptors (Lipinski definition) is 2. The summed E-state index contributed by atoms with van der Waals surface area (Å²) >= 11 is 0. The van der Waals surface area contributed by atoms with E-state index in [1.807, 2.05) is 18.2 Å². The Balaban J connectivity index is 1.52. The quantitative estimate of drug-likeness (QED) is 0.816. The molecule has 0 radical (unpaired) electrons. The van der Waals surface area contributed by atoms with Gasteiger partial charge in [-0.3, -0.25) is 0 Å². The van der Waals surface area contributed by atoms with E-state index in [4.69, 9.17) is 0 Å². The summed E-state index contributed by atoms with van der Waals surface area (Å²) in [4.78, 5) is 0. The molecule has 21 heavy (non-hydrogen) atoms. The predicted molar refractivity (Wildman–Crippen MR) is 86.3 cm³/mol. The zero-order valence-electron chi connectivity index (χ0n) is 12.3. The van der Waals surface area contributed by atoms with E-state index in [1.165, 1.54) is 29.5 Å². The van der Waals surface area contributed by atoms with Crippen LogP contribution in [0.3, 0.4) is 0 Å². The Bertz CT molecular complexity index is 546. The first-order chi connectivity index (χ1) is 10.3. The lowest BCUT2D eigenvalue weighted by atomic mass is 10.1. The highest BCUT2D eigenvalue weighted by atomic mass is 16.3. The highest BCUT2D eigenvalue weighted by Crippen LogP contribution is 2.39. The molecule has 2 N–H and O–H groups in total. The summed E-state index contributed by atoms with van der Waals surface area (Å²) in [6, 6.07) is 19.3. The van der Waals surface area contributed by atoms with E-state index in [0.29, 0.717) is 0 Å². The van der Waals surface area contributed by atoms with Crippen LogP contribution in [0.25, 0.3) is 0 Å². The third-order valence-corrected chi connectivity index (χ3v) is 4.17. The first kappa shape index (κ1) is 14.3. The molecule has 2 heteroatoms. The molecular formula is C19H23NO. The fraction of sp³-hybridized carbons (Fsp3) is 0.368. The van der Waals surface area contributed by atoms with Crippen LogP contribution in [0.15, 0.2) is 54.6 Å². The zero-order valence-corrected chi connectivity index (χ0v) is 12.3. The van der Waals surface area contributed by atoms with Gasteiger partial charge in [-0.1, -0.05) is 54.6 Å². The molecule has 0 bridgehead atoms.